The molecule has 3 aromatic rings. The molecule has 3 N–H and O–H groups in total. The molecule has 4 rings (SSSR count). The van der Waals surface area contributed by atoms with Crippen LogP contribution in [-0.2, 0) is 18.3 Å². The zero-order valence-corrected chi connectivity index (χ0v) is 17.7. The third kappa shape index (κ3) is 3.72. The van der Waals surface area contributed by atoms with Gasteiger partial charge in [-0.15, -0.1) is 0 Å². The topological polar surface area (TPSA) is 78.1 Å². The minimum Gasteiger partial charge on any atom is -0.493 e. The molecule has 1 aliphatic rings. The van der Waals surface area contributed by atoms with Crippen molar-refractivity contribution in [3.8, 4) is 5.75 Å². The van der Waals surface area contributed by atoms with Gasteiger partial charge in [0.15, 0.2) is 0 Å². The number of H-pyrrole nitrogens is 2. The molecule has 0 spiro atoms. The van der Waals surface area contributed by atoms with Crippen molar-refractivity contribution < 1.29 is 23.0 Å². The average molecular weight is 455 g/mol. The standard InChI is InChI=1S/C22H22ClF3N2O3/c1-21(30,9-14-6-12-10-27-17(29)8-16(12)28-14)19(24)22(2,20(25)26)15-7-13(23)5-11-3-4-31-18(11)15/h5-8,10,19-20,28,30H,3-4,9H2,1-2H3,(H,27,29). The molecule has 166 valence electrons. The van der Waals surface area contributed by atoms with Crippen LogP contribution < -0.4 is 10.3 Å². The lowest BCUT2D eigenvalue weighted by molar-refractivity contribution is -0.0947. The summed E-state index contributed by atoms with van der Waals surface area (Å²) in [6.07, 6.45) is -3.80. The van der Waals surface area contributed by atoms with Gasteiger partial charge in [0, 0.05) is 46.8 Å². The number of aliphatic hydroxyl groups is 1. The summed E-state index contributed by atoms with van der Waals surface area (Å²) in [5.74, 6) is 0.203. The number of aromatic amines is 2. The van der Waals surface area contributed by atoms with Crippen molar-refractivity contribution in [1.29, 1.82) is 0 Å². The number of halogens is 4. The summed E-state index contributed by atoms with van der Waals surface area (Å²) in [5, 5.41) is 11.9. The molecule has 0 fully saturated rings. The summed E-state index contributed by atoms with van der Waals surface area (Å²) in [4.78, 5) is 16.9. The number of rotatable bonds is 6. The first-order valence-corrected chi connectivity index (χ1v) is 10.2. The number of hydrogen-bond acceptors (Lipinski definition) is 3. The highest BCUT2D eigenvalue weighted by Crippen LogP contribution is 2.48. The highest BCUT2D eigenvalue weighted by atomic mass is 35.5. The second kappa shape index (κ2) is 7.60. The number of fused-ring (bicyclic) bond motifs is 2. The Kier molecular flexibility index (Phi) is 5.34. The average Bonchev–Trinajstić information content (AvgIpc) is 3.31. The van der Waals surface area contributed by atoms with Crippen LogP contribution in [0.15, 0.2) is 35.3 Å². The van der Waals surface area contributed by atoms with E-state index in [2.05, 4.69) is 9.97 Å². The highest BCUT2D eigenvalue weighted by Gasteiger charge is 2.54. The second-order valence-electron chi connectivity index (χ2n) is 8.48. The van der Waals surface area contributed by atoms with E-state index in [-0.39, 0.29) is 28.3 Å². The molecule has 5 nitrogen and oxygen atoms in total. The summed E-state index contributed by atoms with van der Waals surface area (Å²) in [5.41, 5.74) is -3.36. The van der Waals surface area contributed by atoms with Gasteiger partial charge in [-0.25, -0.2) is 13.2 Å². The van der Waals surface area contributed by atoms with Crippen molar-refractivity contribution in [1.82, 2.24) is 9.97 Å². The third-order valence-corrected chi connectivity index (χ3v) is 6.20. The lowest BCUT2D eigenvalue weighted by atomic mass is 9.70. The van der Waals surface area contributed by atoms with Gasteiger partial charge in [-0.3, -0.25) is 4.79 Å². The van der Waals surface area contributed by atoms with Crippen molar-refractivity contribution in [2.24, 2.45) is 0 Å². The van der Waals surface area contributed by atoms with E-state index < -0.39 is 23.6 Å². The molecule has 1 aliphatic heterocycles. The van der Waals surface area contributed by atoms with Gasteiger partial charge in [0.05, 0.1) is 23.1 Å². The van der Waals surface area contributed by atoms with Crippen LogP contribution in [0.25, 0.3) is 10.9 Å². The first-order valence-electron chi connectivity index (χ1n) is 9.83. The van der Waals surface area contributed by atoms with Gasteiger partial charge in [0.2, 0.25) is 5.56 Å². The Balaban J connectivity index is 1.73. The smallest absolute Gasteiger partial charge is 0.250 e. The van der Waals surface area contributed by atoms with E-state index in [9.17, 15) is 18.7 Å². The summed E-state index contributed by atoms with van der Waals surface area (Å²) in [6, 6.07) is 5.87. The number of ether oxygens (including phenoxy) is 1. The van der Waals surface area contributed by atoms with Crippen LogP contribution >= 0.6 is 11.6 Å². The lowest BCUT2D eigenvalue weighted by Gasteiger charge is -2.40. The zero-order valence-electron chi connectivity index (χ0n) is 16.9. The summed E-state index contributed by atoms with van der Waals surface area (Å²) in [6.45, 7) is 2.55. The highest BCUT2D eigenvalue weighted by molar-refractivity contribution is 6.30. The van der Waals surface area contributed by atoms with Crippen LogP contribution in [0.3, 0.4) is 0 Å². The van der Waals surface area contributed by atoms with Gasteiger partial charge in [-0.1, -0.05) is 11.6 Å². The fraction of sp³-hybridized carbons (Fsp3) is 0.409. The Bertz CT molecular complexity index is 1190. The number of aromatic nitrogens is 2. The number of alkyl halides is 3. The summed E-state index contributed by atoms with van der Waals surface area (Å²) < 4.78 is 50.2. The van der Waals surface area contributed by atoms with Crippen molar-refractivity contribution in [2.45, 2.75) is 50.3 Å². The predicted molar refractivity (Wildman–Crippen MR) is 112 cm³/mol. The molecule has 0 aliphatic carbocycles. The van der Waals surface area contributed by atoms with E-state index in [0.717, 1.165) is 6.92 Å². The van der Waals surface area contributed by atoms with Crippen LogP contribution in [0, 0.1) is 0 Å². The molecule has 3 heterocycles. The van der Waals surface area contributed by atoms with Crippen molar-refractivity contribution in [3.05, 3.63) is 62.7 Å². The Morgan fingerprint density at radius 2 is 1.97 bits per heavy atom. The van der Waals surface area contributed by atoms with Gasteiger partial charge in [0.1, 0.15) is 11.9 Å². The van der Waals surface area contributed by atoms with Gasteiger partial charge in [0.25, 0.3) is 6.43 Å². The molecular formula is C22H22ClF3N2O3. The molecule has 2 aromatic heterocycles. The molecule has 0 saturated carbocycles. The molecule has 0 bridgehead atoms. The molecule has 3 unspecified atom stereocenters. The van der Waals surface area contributed by atoms with E-state index in [1.54, 1.807) is 12.1 Å². The van der Waals surface area contributed by atoms with Gasteiger partial charge < -0.3 is 19.8 Å². The molecule has 9 heteroatoms. The maximum atomic E-state index is 15.9. The quantitative estimate of drug-likeness (QED) is 0.519. The SMILES string of the molecule is CC(O)(Cc1cc2c[nH]c(=O)cc2[nH]1)C(F)C(C)(c1cc(Cl)cc2c1OCC2)C(F)F. The summed E-state index contributed by atoms with van der Waals surface area (Å²) in [7, 11) is 0. The van der Waals surface area contributed by atoms with E-state index >= 15 is 4.39 Å². The number of benzene rings is 1. The maximum absolute atomic E-state index is 15.9. The molecular weight excluding hydrogens is 433 g/mol. The van der Waals surface area contributed by atoms with Gasteiger partial charge in [-0.2, -0.15) is 0 Å². The Morgan fingerprint density at radius 3 is 2.68 bits per heavy atom. The van der Waals surface area contributed by atoms with Crippen molar-refractivity contribution in [2.75, 3.05) is 6.61 Å². The molecule has 0 radical (unpaired) electrons. The maximum Gasteiger partial charge on any atom is 0.250 e. The fourth-order valence-corrected chi connectivity index (χ4v) is 4.60. The van der Waals surface area contributed by atoms with Crippen LogP contribution in [0.4, 0.5) is 13.2 Å². The normalized spacial score (nSPS) is 18.5. The largest absolute Gasteiger partial charge is 0.493 e. The lowest BCUT2D eigenvalue weighted by Crippen LogP contribution is -2.54. The Labute approximate surface area is 181 Å². The van der Waals surface area contributed by atoms with E-state index in [0.29, 0.717) is 35.2 Å². The first-order chi connectivity index (χ1) is 14.5. The first kappa shape index (κ1) is 21.8. The Hall–Kier alpha value is -2.45. The molecule has 31 heavy (non-hydrogen) atoms. The van der Waals surface area contributed by atoms with E-state index in [1.165, 1.54) is 25.3 Å². The monoisotopic (exact) mass is 454 g/mol. The van der Waals surface area contributed by atoms with Crippen LogP contribution in [-0.4, -0.2) is 39.9 Å². The van der Waals surface area contributed by atoms with E-state index in [4.69, 9.17) is 16.3 Å². The van der Waals surface area contributed by atoms with Crippen LogP contribution in [0.1, 0.15) is 30.7 Å². The van der Waals surface area contributed by atoms with Gasteiger partial charge >= 0.3 is 0 Å². The van der Waals surface area contributed by atoms with Crippen LogP contribution in [0.5, 0.6) is 5.75 Å². The number of hydrogen-bond donors (Lipinski definition) is 3. The van der Waals surface area contributed by atoms with Crippen molar-refractivity contribution in [3.63, 3.8) is 0 Å². The molecule has 0 amide bonds. The molecule has 1 aromatic carbocycles. The van der Waals surface area contributed by atoms with Crippen molar-refractivity contribution >= 4 is 22.5 Å². The Morgan fingerprint density at radius 1 is 1.23 bits per heavy atom. The zero-order chi connectivity index (χ0) is 22.6. The fourth-order valence-electron chi connectivity index (χ4n) is 4.36. The second-order valence-corrected chi connectivity index (χ2v) is 8.92. The third-order valence-electron chi connectivity index (χ3n) is 5.98. The summed E-state index contributed by atoms with van der Waals surface area (Å²) >= 11 is 6.13. The minimum absolute atomic E-state index is 0.0579. The number of pyridine rings is 1. The number of nitrogens with one attached hydrogen (secondary N) is 2. The van der Waals surface area contributed by atoms with Gasteiger partial charge in [-0.05, 0) is 37.6 Å². The van der Waals surface area contributed by atoms with E-state index in [1.807, 2.05) is 0 Å². The van der Waals surface area contributed by atoms with Crippen LogP contribution in [0.2, 0.25) is 5.02 Å². The molecule has 3 atom stereocenters. The predicted octanol–water partition coefficient (Wildman–Crippen LogP) is 4.30. The minimum atomic E-state index is -3.14. The molecule has 0 saturated heterocycles.